The van der Waals surface area contributed by atoms with Crippen LogP contribution in [0.25, 0.3) is 0 Å². The van der Waals surface area contributed by atoms with Crippen molar-refractivity contribution in [3.05, 3.63) is 72.8 Å². The topological polar surface area (TPSA) is 55.4 Å². The van der Waals surface area contributed by atoms with Crippen LogP contribution in [0.2, 0.25) is 0 Å². The monoisotopic (exact) mass is 514 g/mol. The van der Waals surface area contributed by atoms with Crippen molar-refractivity contribution in [2.45, 2.75) is 77.8 Å². The highest BCUT2D eigenvalue weighted by atomic mass is 16.7. The van der Waals surface area contributed by atoms with E-state index in [1.165, 1.54) is 0 Å². The Morgan fingerprint density at radius 1 is 0.447 bits per heavy atom. The number of hydrogen-bond donors (Lipinski definition) is 0. The molecule has 0 atom stereocenters. The molecule has 2 heterocycles. The molecule has 3 aromatic rings. The third kappa shape index (κ3) is 5.23. The molecule has 2 aliphatic rings. The van der Waals surface area contributed by atoms with E-state index in [1.54, 1.807) is 0 Å². The fourth-order valence-electron chi connectivity index (χ4n) is 4.28. The summed E-state index contributed by atoms with van der Waals surface area (Å²) >= 11 is 0. The minimum atomic E-state index is -0.450. The standard InChI is InChI=1S/C30H36B2O6/c1-27(2)28(3,4)36-31(35-27)21-12-9-14-23(18-21)33-25-16-11-17-26(20-25)34-24-15-10-13-22(19-24)32-37-29(5,6)30(7,8)38-32/h9-20H,1-8H3. The lowest BCUT2D eigenvalue weighted by Gasteiger charge is -2.32. The van der Waals surface area contributed by atoms with Gasteiger partial charge in [0.2, 0.25) is 0 Å². The summed E-state index contributed by atoms with van der Waals surface area (Å²) in [6.07, 6.45) is 0. The van der Waals surface area contributed by atoms with Crippen molar-refractivity contribution in [2.24, 2.45) is 0 Å². The molecule has 2 saturated heterocycles. The quantitative estimate of drug-likeness (QED) is 0.384. The second kappa shape index (κ2) is 9.45. The molecule has 5 rings (SSSR count). The van der Waals surface area contributed by atoms with Crippen LogP contribution >= 0.6 is 0 Å². The highest BCUT2D eigenvalue weighted by Gasteiger charge is 2.52. The average molecular weight is 514 g/mol. The van der Waals surface area contributed by atoms with Gasteiger partial charge in [0.25, 0.3) is 0 Å². The lowest BCUT2D eigenvalue weighted by Crippen LogP contribution is -2.41. The Kier molecular flexibility index (Phi) is 6.67. The minimum absolute atomic E-state index is 0.403. The Morgan fingerprint density at radius 3 is 1.08 bits per heavy atom. The zero-order valence-corrected chi connectivity index (χ0v) is 23.5. The summed E-state index contributed by atoms with van der Waals surface area (Å²) in [6, 6.07) is 23.1. The van der Waals surface area contributed by atoms with Crippen molar-refractivity contribution in [3.8, 4) is 23.0 Å². The highest BCUT2D eigenvalue weighted by molar-refractivity contribution is 6.62. The summed E-state index contributed by atoms with van der Waals surface area (Å²) in [7, 11) is -0.899. The molecule has 0 bridgehead atoms. The molecular formula is C30H36B2O6. The van der Waals surface area contributed by atoms with Crippen LogP contribution in [-0.2, 0) is 18.6 Å². The molecule has 6 nitrogen and oxygen atoms in total. The van der Waals surface area contributed by atoms with Gasteiger partial charge in [-0.05, 0) is 103 Å². The van der Waals surface area contributed by atoms with Gasteiger partial charge in [0.15, 0.2) is 0 Å². The number of ether oxygens (including phenoxy) is 2. The van der Waals surface area contributed by atoms with Gasteiger partial charge in [0.1, 0.15) is 23.0 Å². The van der Waals surface area contributed by atoms with Crippen molar-refractivity contribution in [1.29, 1.82) is 0 Å². The van der Waals surface area contributed by atoms with Gasteiger partial charge in [-0.15, -0.1) is 0 Å². The Hall–Kier alpha value is -2.77. The third-order valence-corrected chi connectivity index (χ3v) is 8.04. The molecule has 0 unspecified atom stereocenters. The lowest BCUT2D eigenvalue weighted by atomic mass is 9.79. The SMILES string of the molecule is CC1(C)OB(c2cccc(Oc3cccc(Oc4cccc(B5OC(C)(C)C(C)(C)O5)c4)c3)c2)OC1(C)C. The average Bonchev–Trinajstić information content (AvgIpc) is 3.19. The first kappa shape index (κ1) is 26.8. The molecule has 198 valence electrons. The smallest absolute Gasteiger partial charge is 0.457 e. The summed E-state index contributed by atoms with van der Waals surface area (Å²) < 4.78 is 37.1. The van der Waals surface area contributed by atoms with Crippen LogP contribution in [0.4, 0.5) is 0 Å². The van der Waals surface area contributed by atoms with Gasteiger partial charge >= 0.3 is 14.2 Å². The van der Waals surface area contributed by atoms with Crippen molar-refractivity contribution in [2.75, 3.05) is 0 Å². The van der Waals surface area contributed by atoms with Crippen molar-refractivity contribution in [3.63, 3.8) is 0 Å². The van der Waals surface area contributed by atoms with E-state index in [2.05, 4.69) is 0 Å². The first-order valence-corrected chi connectivity index (χ1v) is 13.1. The summed E-state index contributed by atoms with van der Waals surface area (Å²) in [6.45, 7) is 16.4. The summed E-state index contributed by atoms with van der Waals surface area (Å²) in [4.78, 5) is 0. The highest BCUT2D eigenvalue weighted by Crippen LogP contribution is 2.38. The minimum Gasteiger partial charge on any atom is -0.457 e. The predicted octanol–water partition coefficient (Wildman–Crippen LogP) is 5.87. The molecule has 0 amide bonds. The Labute approximate surface area is 226 Å². The largest absolute Gasteiger partial charge is 0.494 e. The van der Waals surface area contributed by atoms with Gasteiger partial charge in [0.05, 0.1) is 22.4 Å². The molecule has 2 aliphatic heterocycles. The first-order chi connectivity index (χ1) is 17.7. The van der Waals surface area contributed by atoms with Gasteiger partial charge in [-0.1, -0.05) is 30.3 Å². The maximum Gasteiger partial charge on any atom is 0.494 e. The third-order valence-electron chi connectivity index (χ3n) is 8.04. The zero-order chi connectivity index (χ0) is 27.3. The van der Waals surface area contributed by atoms with Crippen LogP contribution in [0, 0.1) is 0 Å². The first-order valence-electron chi connectivity index (χ1n) is 13.1. The molecule has 8 heteroatoms. The van der Waals surface area contributed by atoms with E-state index in [0.29, 0.717) is 23.0 Å². The van der Waals surface area contributed by atoms with E-state index < -0.39 is 36.6 Å². The predicted molar refractivity (Wildman–Crippen MR) is 151 cm³/mol. The molecular weight excluding hydrogens is 478 g/mol. The normalized spacial score (nSPS) is 20.9. The maximum atomic E-state index is 6.19. The van der Waals surface area contributed by atoms with Gasteiger partial charge in [-0.3, -0.25) is 0 Å². The Morgan fingerprint density at radius 2 is 0.737 bits per heavy atom. The number of rotatable bonds is 6. The maximum absolute atomic E-state index is 6.19. The van der Waals surface area contributed by atoms with Crippen LogP contribution in [0.1, 0.15) is 55.4 Å². The molecule has 38 heavy (non-hydrogen) atoms. The molecule has 0 spiro atoms. The van der Waals surface area contributed by atoms with E-state index in [9.17, 15) is 0 Å². The van der Waals surface area contributed by atoms with Gasteiger partial charge in [0, 0.05) is 6.07 Å². The fraction of sp³-hybridized carbons (Fsp3) is 0.400. The second-order valence-corrected chi connectivity index (χ2v) is 12.0. The van der Waals surface area contributed by atoms with Crippen molar-refractivity contribution < 1.29 is 28.1 Å². The Balaban J connectivity index is 1.28. The zero-order valence-electron chi connectivity index (χ0n) is 23.5. The van der Waals surface area contributed by atoms with Crippen LogP contribution in [0.3, 0.4) is 0 Å². The number of hydrogen-bond acceptors (Lipinski definition) is 6. The molecule has 3 aromatic carbocycles. The van der Waals surface area contributed by atoms with Gasteiger partial charge in [-0.2, -0.15) is 0 Å². The van der Waals surface area contributed by atoms with E-state index in [4.69, 9.17) is 28.1 Å². The van der Waals surface area contributed by atoms with E-state index >= 15 is 0 Å². The van der Waals surface area contributed by atoms with Crippen LogP contribution in [0.15, 0.2) is 72.8 Å². The molecule has 0 aliphatic carbocycles. The van der Waals surface area contributed by atoms with E-state index in [1.807, 2.05) is 128 Å². The van der Waals surface area contributed by atoms with Gasteiger partial charge < -0.3 is 28.1 Å². The molecule has 0 N–H and O–H groups in total. The Bertz CT molecular complexity index is 1190. The van der Waals surface area contributed by atoms with E-state index in [0.717, 1.165) is 10.9 Å². The molecule has 0 radical (unpaired) electrons. The summed E-state index contributed by atoms with van der Waals surface area (Å²) in [5.74, 6) is 2.71. The molecule has 0 aromatic heterocycles. The molecule has 2 fully saturated rings. The molecule has 0 saturated carbocycles. The van der Waals surface area contributed by atoms with Gasteiger partial charge in [-0.25, -0.2) is 0 Å². The summed E-state index contributed by atoms with van der Waals surface area (Å²) in [5.41, 5.74) is 0.209. The second-order valence-electron chi connectivity index (χ2n) is 12.0. The van der Waals surface area contributed by atoms with Crippen molar-refractivity contribution >= 4 is 25.2 Å². The van der Waals surface area contributed by atoms with Crippen LogP contribution < -0.4 is 20.4 Å². The van der Waals surface area contributed by atoms with Crippen molar-refractivity contribution in [1.82, 2.24) is 0 Å². The number of benzene rings is 3. The van der Waals surface area contributed by atoms with Crippen LogP contribution in [0.5, 0.6) is 23.0 Å². The summed E-state index contributed by atoms with van der Waals surface area (Å²) in [5, 5.41) is 0. The fourth-order valence-corrected chi connectivity index (χ4v) is 4.28. The lowest BCUT2D eigenvalue weighted by molar-refractivity contribution is 0.00578. The van der Waals surface area contributed by atoms with E-state index in [-0.39, 0.29) is 0 Å². The van der Waals surface area contributed by atoms with Crippen LogP contribution in [-0.4, -0.2) is 36.6 Å².